The number of Topliss-reactive ketones (excluding diaryl/α,β-unsaturated/α-hetero) is 1. The predicted molar refractivity (Wildman–Crippen MR) is 121 cm³/mol. The lowest BCUT2D eigenvalue weighted by molar-refractivity contribution is -0.119. The molecule has 0 unspecified atom stereocenters. The van der Waals surface area contributed by atoms with E-state index in [0.717, 1.165) is 63.1 Å². The summed E-state index contributed by atoms with van der Waals surface area (Å²) >= 11 is 0. The first-order valence-corrected chi connectivity index (χ1v) is 11.9. The van der Waals surface area contributed by atoms with Gasteiger partial charge in [-0.3, -0.25) is 9.69 Å². The highest BCUT2D eigenvalue weighted by Gasteiger charge is 2.26. The normalized spacial score (nSPS) is 24.8. The number of aromatic nitrogens is 1. The Bertz CT molecular complexity index is 732. The molecule has 0 radical (unpaired) electrons. The third-order valence-electron chi connectivity index (χ3n) is 7.17. The molecule has 1 saturated carbocycles. The fourth-order valence-corrected chi connectivity index (χ4v) is 5.25. The van der Waals surface area contributed by atoms with E-state index in [1.165, 1.54) is 44.2 Å². The zero-order valence-electron chi connectivity index (χ0n) is 18.5. The van der Waals surface area contributed by atoms with E-state index in [2.05, 4.69) is 20.9 Å². The van der Waals surface area contributed by atoms with Gasteiger partial charge >= 0.3 is 0 Å². The SMILES string of the molecule is C/C=C/CC(=O)CC1CCC(CCN2CCN(c3nccc4c3OCC4)CC2)CC1. The number of rotatable bonds is 8. The standard InChI is InChI=1S/C25H37N3O2/c1-2-3-4-23(29)19-21-7-5-20(6-8-21)10-13-27-14-16-28(17-15-27)25-24-22(9-12-26-25)11-18-30-24/h2-3,9,12,20-21H,4-8,10-11,13-19H2,1H3/b3-2+. The van der Waals surface area contributed by atoms with Crippen LogP contribution in [-0.4, -0.2) is 55.0 Å². The average Bonchev–Trinajstić information content (AvgIpc) is 3.27. The van der Waals surface area contributed by atoms with Gasteiger partial charge in [0.15, 0.2) is 11.6 Å². The van der Waals surface area contributed by atoms with Crippen molar-refractivity contribution in [1.29, 1.82) is 0 Å². The maximum absolute atomic E-state index is 12.0. The van der Waals surface area contributed by atoms with Crippen molar-refractivity contribution >= 4 is 11.6 Å². The zero-order valence-corrected chi connectivity index (χ0v) is 18.5. The third-order valence-corrected chi connectivity index (χ3v) is 7.17. The van der Waals surface area contributed by atoms with E-state index in [-0.39, 0.29) is 0 Å². The van der Waals surface area contributed by atoms with Gasteiger partial charge in [0, 0.05) is 57.2 Å². The number of allylic oxidation sites excluding steroid dienone is 2. The molecule has 0 bridgehead atoms. The molecule has 1 saturated heterocycles. The van der Waals surface area contributed by atoms with Crippen molar-refractivity contribution in [2.75, 3.05) is 44.2 Å². The van der Waals surface area contributed by atoms with E-state index in [4.69, 9.17) is 4.74 Å². The molecule has 5 heteroatoms. The molecule has 1 aromatic rings. The second kappa shape index (κ2) is 10.4. The summed E-state index contributed by atoms with van der Waals surface area (Å²) in [5.41, 5.74) is 1.31. The van der Waals surface area contributed by atoms with E-state index in [9.17, 15) is 4.79 Å². The number of pyridine rings is 1. The van der Waals surface area contributed by atoms with Crippen LogP contribution < -0.4 is 9.64 Å². The summed E-state index contributed by atoms with van der Waals surface area (Å²) in [7, 11) is 0. The monoisotopic (exact) mass is 411 g/mol. The van der Waals surface area contributed by atoms with Crippen molar-refractivity contribution < 1.29 is 9.53 Å². The van der Waals surface area contributed by atoms with Crippen molar-refractivity contribution in [1.82, 2.24) is 9.88 Å². The largest absolute Gasteiger partial charge is 0.489 e. The fraction of sp³-hybridized carbons (Fsp3) is 0.680. The molecule has 0 N–H and O–H groups in total. The van der Waals surface area contributed by atoms with Crippen LogP contribution in [0.15, 0.2) is 24.4 Å². The first-order chi connectivity index (χ1) is 14.7. The molecule has 5 nitrogen and oxygen atoms in total. The Morgan fingerprint density at radius 1 is 1.17 bits per heavy atom. The molecule has 2 fully saturated rings. The van der Waals surface area contributed by atoms with Crippen LogP contribution in [0.4, 0.5) is 5.82 Å². The van der Waals surface area contributed by atoms with Gasteiger partial charge in [0.1, 0.15) is 5.78 Å². The highest BCUT2D eigenvalue weighted by molar-refractivity contribution is 5.80. The van der Waals surface area contributed by atoms with Gasteiger partial charge in [0.05, 0.1) is 6.61 Å². The second-order valence-electron chi connectivity index (χ2n) is 9.24. The minimum atomic E-state index is 0.415. The highest BCUT2D eigenvalue weighted by atomic mass is 16.5. The topological polar surface area (TPSA) is 45.7 Å². The van der Waals surface area contributed by atoms with Crippen LogP contribution in [0.25, 0.3) is 0 Å². The molecule has 164 valence electrons. The number of hydrogen-bond acceptors (Lipinski definition) is 5. The molecule has 0 amide bonds. The second-order valence-corrected chi connectivity index (χ2v) is 9.24. The van der Waals surface area contributed by atoms with Gasteiger partial charge < -0.3 is 9.64 Å². The predicted octanol–water partition coefficient (Wildman–Crippen LogP) is 4.26. The highest BCUT2D eigenvalue weighted by Crippen LogP contribution is 2.35. The van der Waals surface area contributed by atoms with Gasteiger partial charge in [-0.1, -0.05) is 25.0 Å². The van der Waals surface area contributed by atoms with E-state index in [0.29, 0.717) is 18.1 Å². The zero-order chi connectivity index (χ0) is 20.8. The van der Waals surface area contributed by atoms with Crippen molar-refractivity contribution in [2.24, 2.45) is 11.8 Å². The Balaban J connectivity index is 1.15. The molecule has 3 heterocycles. The number of nitrogens with zero attached hydrogens (tertiary/aromatic N) is 3. The van der Waals surface area contributed by atoms with Crippen molar-refractivity contribution in [3.8, 4) is 5.75 Å². The molecule has 2 aliphatic heterocycles. The summed E-state index contributed by atoms with van der Waals surface area (Å²) in [6, 6.07) is 2.09. The Morgan fingerprint density at radius 3 is 2.70 bits per heavy atom. The number of ether oxygens (including phenoxy) is 1. The van der Waals surface area contributed by atoms with Gasteiger partial charge in [-0.05, 0) is 50.6 Å². The number of fused-ring (bicyclic) bond motifs is 1. The molecule has 1 aliphatic carbocycles. The van der Waals surface area contributed by atoms with Crippen molar-refractivity contribution in [2.45, 2.75) is 58.3 Å². The maximum atomic E-state index is 12.0. The Kier molecular flexibility index (Phi) is 7.42. The van der Waals surface area contributed by atoms with Gasteiger partial charge in [-0.15, -0.1) is 0 Å². The number of ketones is 1. The van der Waals surface area contributed by atoms with Crippen molar-refractivity contribution in [3.05, 3.63) is 30.0 Å². The molecule has 0 spiro atoms. The minimum Gasteiger partial charge on any atom is -0.489 e. The van der Waals surface area contributed by atoms with Crippen molar-refractivity contribution in [3.63, 3.8) is 0 Å². The van der Waals surface area contributed by atoms with E-state index < -0.39 is 0 Å². The summed E-state index contributed by atoms with van der Waals surface area (Å²) in [5.74, 6) is 3.96. The first kappa shape index (κ1) is 21.4. The Morgan fingerprint density at radius 2 is 1.93 bits per heavy atom. The maximum Gasteiger partial charge on any atom is 0.171 e. The lowest BCUT2D eigenvalue weighted by Gasteiger charge is -2.37. The molecule has 1 aromatic heterocycles. The van der Waals surface area contributed by atoms with Crippen LogP contribution in [0.1, 0.15) is 57.4 Å². The summed E-state index contributed by atoms with van der Waals surface area (Å²) in [6.45, 7) is 8.28. The lowest BCUT2D eigenvalue weighted by atomic mass is 9.78. The fourth-order valence-electron chi connectivity index (χ4n) is 5.25. The average molecular weight is 412 g/mol. The van der Waals surface area contributed by atoms with E-state index in [1.54, 1.807) is 0 Å². The van der Waals surface area contributed by atoms with Gasteiger partial charge in [0.25, 0.3) is 0 Å². The van der Waals surface area contributed by atoms with Crippen LogP contribution in [0.2, 0.25) is 0 Å². The number of carbonyl (C=O) groups is 1. The quantitative estimate of drug-likeness (QED) is 0.598. The van der Waals surface area contributed by atoms with Crippen LogP contribution in [0.5, 0.6) is 5.75 Å². The Labute approximate surface area is 181 Å². The summed E-state index contributed by atoms with van der Waals surface area (Å²) in [4.78, 5) is 21.6. The molecule has 30 heavy (non-hydrogen) atoms. The molecule has 0 atom stereocenters. The minimum absolute atomic E-state index is 0.415. The molecule has 3 aliphatic rings. The van der Waals surface area contributed by atoms with E-state index >= 15 is 0 Å². The first-order valence-electron chi connectivity index (χ1n) is 11.9. The smallest absolute Gasteiger partial charge is 0.171 e. The van der Waals surface area contributed by atoms with Gasteiger partial charge in [-0.2, -0.15) is 0 Å². The molecule has 4 rings (SSSR count). The molecular formula is C25H37N3O2. The van der Waals surface area contributed by atoms with Crippen LogP contribution >= 0.6 is 0 Å². The van der Waals surface area contributed by atoms with Gasteiger partial charge in [0.2, 0.25) is 0 Å². The molecule has 0 aromatic carbocycles. The van der Waals surface area contributed by atoms with E-state index in [1.807, 2.05) is 25.3 Å². The lowest BCUT2D eigenvalue weighted by Crippen LogP contribution is -2.47. The number of anilines is 1. The number of hydrogen-bond donors (Lipinski definition) is 0. The summed E-state index contributed by atoms with van der Waals surface area (Å²) in [6.07, 6.45) is 14.7. The number of carbonyl (C=O) groups excluding carboxylic acids is 1. The molecular weight excluding hydrogens is 374 g/mol. The Hall–Kier alpha value is -1.88. The summed E-state index contributed by atoms with van der Waals surface area (Å²) in [5, 5.41) is 0. The van der Waals surface area contributed by atoms with Crippen LogP contribution in [-0.2, 0) is 11.2 Å². The van der Waals surface area contributed by atoms with Gasteiger partial charge in [-0.25, -0.2) is 4.98 Å². The third kappa shape index (κ3) is 5.42. The summed E-state index contributed by atoms with van der Waals surface area (Å²) < 4.78 is 5.85. The van der Waals surface area contributed by atoms with Crippen LogP contribution in [0, 0.1) is 11.8 Å². The number of piperazine rings is 1. The van der Waals surface area contributed by atoms with Crippen LogP contribution in [0.3, 0.4) is 0 Å².